The summed E-state index contributed by atoms with van der Waals surface area (Å²) in [6, 6.07) is 0.715. The molecule has 1 atom stereocenters. The molecule has 2 heterocycles. The maximum atomic E-state index is 5.34. The second-order valence-corrected chi connectivity index (χ2v) is 5.16. The predicted octanol–water partition coefficient (Wildman–Crippen LogP) is 0.440. The Morgan fingerprint density at radius 2 is 2.12 bits per heavy atom. The predicted molar refractivity (Wildman–Crippen MR) is 70.4 cm³/mol. The first kappa shape index (κ1) is 13.3. The molecule has 0 saturated carbocycles. The van der Waals surface area contributed by atoms with Crippen LogP contribution in [0.3, 0.4) is 0 Å². The van der Waals surface area contributed by atoms with Crippen molar-refractivity contribution in [2.24, 2.45) is 0 Å². The summed E-state index contributed by atoms with van der Waals surface area (Å²) in [6.07, 6.45) is 5.35. The lowest BCUT2D eigenvalue weighted by atomic mass is 10.1. The normalized spacial score (nSPS) is 27.2. The lowest BCUT2D eigenvalue weighted by Crippen LogP contribution is -2.42. The Labute approximate surface area is 105 Å². The molecule has 2 rings (SSSR count). The van der Waals surface area contributed by atoms with Crippen LogP contribution in [0.15, 0.2) is 0 Å². The van der Waals surface area contributed by atoms with Crippen LogP contribution in [0.25, 0.3) is 0 Å². The molecule has 0 aromatic heterocycles. The Kier molecular flexibility index (Phi) is 6.27. The first-order chi connectivity index (χ1) is 8.45. The second-order valence-electron chi connectivity index (χ2n) is 5.16. The van der Waals surface area contributed by atoms with Crippen LogP contribution >= 0.6 is 0 Å². The summed E-state index contributed by atoms with van der Waals surface area (Å²) in [5.74, 6) is 0. The Bertz CT molecular complexity index is 169. The number of hydrogen-bond donors (Lipinski definition) is 2. The van der Waals surface area contributed by atoms with Gasteiger partial charge in [0.2, 0.25) is 0 Å². The molecule has 0 radical (unpaired) electrons. The molecule has 0 aromatic rings. The third-order valence-corrected chi connectivity index (χ3v) is 3.73. The molecule has 2 fully saturated rings. The van der Waals surface area contributed by atoms with Gasteiger partial charge in [-0.3, -0.25) is 4.90 Å². The molecular weight excluding hydrogens is 214 g/mol. The van der Waals surface area contributed by atoms with E-state index in [2.05, 4.69) is 15.5 Å². The maximum Gasteiger partial charge on any atom is 0.0594 e. The first-order valence-electron chi connectivity index (χ1n) is 7.19. The van der Waals surface area contributed by atoms with Crippen LogP contribution < -0.4 is 10.6 Å². The molecule has 0 aromatic carbocycles. The van der Waals surface area contributed by atoms with Gasteiger partial charge in [-0.05, 0) is 38.9 Å². The quantitative estimate of drug-likeness (QED) is 0.662. The highest BCUT2D eigenvalue weighted by molar-refractivity contribution is 4.74. The number of piperidine rings is 1. The van der Waals surface area contributed by atoms with E-state index in [9.17, 15) is 0 Å². The monoisotopic (exact) mass is 241 g/mol. The van der Waals surface area contributed by atoms with E-state index < -0.39 is 0 Å². The van der Waals surface area contributed by atoms with E-state index in [1.54, 1.807) is 0 Å². The van der Waals surface area contributed by atoms with Crippen molar-refractivity contribution >= 4 is 0 Å². The Morgan fingerprint density at radius 3 is 2.88 bits per heavy atom. The number of nitrogens with one attached hydrogen (secondary N) is 2. The topological polar surface area (TPSA) is 36.5 Å². The Hall–Kier alpha value is -0.160. The van der Waals surface area contributed by atoms with Crippen LogP contribution in [-0.2, 0) is 4.74 Å². The van der Waals surface area contributed by atoms with Gasteiger partial charge >= 0.3 is 0 Å². The summed E-state index contributed by atoms with van der Waals surface area (Å²) < 4.78 is 5.34. The first-order valence-corrected chi connectivity index (χ1v) is 7.19. The second kappa shape index (κ2) is 8.03. The number of morpholine rings is 1. The summed E-state index contributed by atoms with van der Waals surface area (Å²) in [7, 11) is 0. The highest BCUT2D eigenvalue weighted by Gasteiger charge is 2.12. The molecule has 100 valence electrons. The van der Waals surface area contributed by atoms with Gasteiger partial charge in [-0.25, -0.2) is 0 Å². The van der Waals surface area contributed by atoms with Crippen LogP contribution in [0, 0.1) is 0 Å². The molecular formula is C13H27N3O. The molecule has 17 heavy (non-hydrogen) atoms. The molecule has 4 nitrogen and oxygen atoms in total. The number of ether oxygens (including phenoxy) is 1. The van der Waals surface area contributed by atoms with Gasteiger partial charge in [-0.2, -0.15) is 0 Å². The van der Waals surface area contributed by atoms with E-state index in [4.69, 9.17) is 4.74 Å². The van der Waals surface area contributed by atoms with Crippen molar-refractivity contribution in [2.75, 3.05) is 52.5 Å². The van der Waals surface area contributed by atoms with Gasteiger partial charge in [0.25, 0.3) is 0 Å². The highest BCUT2D eigenvalue weighted by Crippen LogP contribution is 2.05. The fraction of sp³-hybridized carbons (Fsp3) is 1.00. The molecule has 4 heteroatoms. The number of rotatable bonds is 6. The zero-order valence-electron chi connectivity index (χ0n) is 10.9. The largest absolute Gasteiger partial charge is 0.379 e. The molecule has 1 unspecified atom stereocenters. The minimum absolute atomic E-state index is 0.715. The third kappa shape index (κ3) is 5.34. The Morgan fingerprint density at radius 1 is 1.24 bits per heavy atom. The van der Waals surface area contributed by atoms with E-state index in [-0.39, 0.29) is 0 Å². The van der Waals surface area contributed by atoms with Crippen molar-refractivity contribution in [3.63, 3.8) is 0 Å². The fourth-order valence-electron chi connectivity index (χ4n) is 2.63. The van der Waals surface area contributed by atoms with E-state index in [1.165, 1.54) is 38.8 Å². The van der Waals surface area contributed by atoms with Gasteiger partial charge in [-0.15, -0.1) is 0 Å². The van der Waals surface area contributed by atoms with Crippen molar-refractivity contribution in [2.45, 2.75) is 31.7 Å². The van der Waals surface area contributed by atoms with Crippen molar-refractivity contribution < 1.29 is 4.74 Å². The van der Waals surface area contributed by atoms with Crippen molar-refractivity contribution in [3.8, 4) is 0 Å². The molecule has 2 aliphatic heterocycles. The van der Waals surface area contributed by atoms with Gasteiger partial charge in [0.15, 0.2) is 0 Å². The minimum Gasteiger partial charge on any atom is -0.379 e. The van der Waals surface area contributed by atoms with Crippen molar-refractivity contribution in [1.29, 1.82) is 0 Å². The van der Waals surface area contributed by atoms with E-state index in [0.717, 1.165) is 39.4 Å². The summed E-state index contributed by atoms with van der Waals surface area (Å²) >= 11 is 0. The Balaban J connectivity index is 1.42. The summed E-state index contributed by atoms with van der Waals surface area (Å²) in [6.45, 7) is 8.78. The fourth-order valence-corrected chi connectivity index (χ4v) is 2.63. The zero-order valence-corrected chi connectivity index (χ0v) is 10.9. The van der Waals surface area contributed by atoms with Gasteiger partial charge in [0, 0.05) is 25.7 Å². The molecule has 0 aliphatic carbocycles. The lowest BCUT2D eigenvalue weighted by molar-refractivity contribution is 0.0374. The van der Waals surface area contributed by atoms with Crippen LogP contribution in [-0.4, -0.2) is 63.4 Å². The van der Waals surface area contributed by atoms with Gasteiger partial charge in [-0.1, -0.05) is 6.42 Å². The number of nitrogens with zero attached hydrogens (tertiary/aromatic N) is 1. The van der Waals surface area contributed by atoms with Gasteiger partial charge in [0.05, 0.1) is 13.2 Å². The van der Waals surface area contributed by atoms with E-state index >= 15 is 0 Å². The standard InChI is InChI=1S/C13H27N3O/c1-2-6-15-13(4-1)12-14-5-3-7-16-8-10-17-11-9-16/h13-15H,1-12H2. The molecule has 0 bridgehead atoms. The van der Waals surface area contributed by atoms with Crippen LogP contribution in [0.5, 0.6) is 0 Å². The summed E-state index contributed by atoms with van der Waals surface area (Å²) in [4.78, 5) is 2.50. The average Bonchev–Trinajstić information content (AvgIpc) is 2.41. The molecule has 0 spiro atoms. The SMILES string of the molecule is C1CCC(CNCCCN2CCOCC2)NC1. The molecule has 2 N–H and O–H groups in total. The maximum absolute atomic E-state index is 5.34. The van der Waals surface area contributed by atoms with E-state index in [1.807, 2.05) is 0 Å². The molecule has 0 amide bonds. The highest BCUT2D eigenvalue weighted by atomic mass is 16.5. The lowest BCUT2D eigenvalue weighted by Gasteiger charge is -2.27. The third-order valence-electron chi connectivity index (χ3n) is 3.73. The van der Waals surface area contributed by atoms with Gasteiger partial charge < -0.3 is 15.4 Å². The minimum atomic E-state index is 0.715. The van der Waals surface area contributed by atoms with Crippen LogP contribution in [0.1, 0.15) is 25.7 Å². The molecule has 2 aliphatic rings. The van der Waals surface area contributed by atoms with Crippen molar-refractivity contribution in [1.82, 2.24) is 15.5 Å². The van der Waals surface area contributed by atoms with Crippen LogP contribution in [0.4, 0.5) is 0 Å². The van der Waals surface area contributed by atoms with Gasteiger partial charge in [0.1, 0.15) is 0 Å². The summed E-state index contributed by atoms with van der Waals surface area (Å²) in [5, 5.41) is 7.14. The number of hydrogen-bond acceptors (Lipinski definition) is 4. The smallest absolute Gasteiger partial charge is 0.0594 e. The summed E-state index contributed by atoms with van der Waals surface area (Å²) in [5.41, 5.74) is 0. The van der Waals surface area contributed by atoms with Crippen LogP contribution in [0.2, 0.25) is 0 Å². The van der Waals surface area contributed by atoms with E-state index in [0.29, 0.717) is 6.04 Å². The average molecular weight is 241 g/mol. The van der Waals surface area contributed by atoms with Crippen molar-refractivity contribution in [3.05, 3.63) is 0 Å². The zero-order chi connectivity index (χ0) is 11.8. The molecule has 2 saturated heterocycles.